The second-order valence-corrected chi connectivity index (χ2v) is 6.03. The Morgan fingerprint density at radius 1 is 1.16 bits per heavy atom. The van der Waals surface area contributed by atoms with Crippen molar-refractivity contribution in [2.45, 2.75) is 39.1 Å². The quantitative estimate of drug-likeness (QED) is 0.861. The molecule has 0 aliphatic rings. The van der Waals surface area contributed by atoms with Crippen LogP contribution in [0.2, 0.25) is 0 Å². The van der Waals surface area contributed by atoms with Crippen molar-refractivity contribution in [3.63, 3.8) is 0 Å². The molecule has 2 rings (SSSR count). The average Bonchev–Trinajstić information content (AvgIpc) is 2.67. The molecule has 0 aliphatic heterocycles. The van der Waals surface area contributed by atoms with E-state index in [1.807, 2.05) is 10.7 Å². The van der Waals surface area contributed by atoms with Crippen LogP contribution in [-0.4, -0.2) is 15.5 Å². The van der Waals surface area contributed by atoms with Gasteiger partial charge in [-0.3, -0.25) is 0 Å². The molecule has 0 saturated carbocycles. The molecule has 1 aromatic carbocycles. The molecule has 0 amide bonds. The SMILES string of the molecule is CCCSc1cc(N)n(-c2c(C)cc(C)cc2C)n1. The van der Waals surface area contributed by atoms with Gasteiger partial charge < -0.3 is 5.73 Å². The molecule has 0 bridgehead atoms. The van der Waals surface area contributed by atoms with Crippen LogP contribution in [-0.2, 0) is 0 Å². The Morgan fingerprint density at radius 2 is 1.79 bits per heavy atom. The molecule has 0 unspecified atom stereocenters. The maximum atomic E-state index is 6.11. The second-order valence-electron chi connectivity index (χ2n) is 4.92. The summed E-state index contributed by atoms with van der Waals surface area (Å²) < 4.78 is 1.86. The number of nitrogen functional groups attached to an aromatic ring is 1. The summed E-state index contributed by atoms with van der Waals surface area (Å²) in [6.07, 6.45) is 1.14. The number of nitrogens with zero attached hydrogens (tertiary/aromatic N) is 2. The van der Waals surface area contributed by atoms with Crippen LogP contribution in [0.25, 0.3) is 5.69 Å². The fourth-order valence-corrected chi connectivity index (χ4v) is 3.09. The summed E-state index contributed by atoms with van der Waals surface area (Å²) in [5.41, 5.74) is 10.9. The Morgan fingerprint density at radius 3 is 2.37 bits per heavy atom. The molecule has 1 heterocycles. The largest absolute Gasteiger partial charge is 0.384 e. The molecule has 3 nitrogen and oxygen atoms in total. The fourth-order valence-electron chi connectivity index (χ4n) is 2.34. The van der Waals surface area contributed by atoms with Crippen LogP contribution in [0.1, 0.15) is 30.0 Å². The summed E-state index contributed by atoms with van der Waals surface area (Å²) >= 11 is 1.75. The predicted octanol–water partition coefficient (Wildman–Crippen LogP) is 3.88. The molecule has 2 N–H and O–H groups in total. The van der Waals surface area contributed by atoms with Crippen molar-refractivity contribution in [2.24, 2.45) is 0 Å². The standard InChI is InChI=1S/C15H21N3S/c1-5-6-19-14-9-13(16)18(17-14)15-11(3)7-10(2)8-12(15)4/h7-9H,5-6,16H2,1-4H3. The highest BCUT2D eigenvalue weighted by molar-refractivity contribution is 7.99. The van der Waals surface area contributed by atoms with E-state index in [-0.39, 0.29) is 0 Å². The first kappa shape index (κ1) is 14.0. The molecule has 1 aromatic heterocycles. The first-order chi connectivity index (χ1) is 9.02. The van der Waals surface area contributed by atoms with Crippen molar-refractivity contribution < 1.29 is 0 Å². The number of anilines is 1. The lowest BCUT2D eigenvalue weighted by atomic mass is 10.1. The van der Waals surface area contributed by atoms with E-state index < -0.39 is 0 Å². The molecule has 0 saturated heterocycles. The molecule has 0 spiro atoms. The first-order valence-electron chi connectivity index (χ1n) is 6.59. The number of hydrogen-bond donors (Lipinski definition) is 1. The summed E-state index contributed by atoms with van der Waals surface area (Å²) in [6.45, 7) is 8.49. The van der Waals surface area contributed by atoms with Crippen molar-refractivity contribution >= 4 is 17.6 Å². The Bertz CT molecular complexity index is 564. The normalized spacial score (nSPS) is 10.9. The summed E-state index contributed by atoms with van der Waals surface area (Å²) in [7, 11) is 0. The zero-order chi connectivity index (χ0) is 14.0. The second kappa shape index (κ2) is 5.70. The van der Waals surface area contributed by atoms with Gasteiger partial charge in [-0.05, 0) is 44.1 Å². The van der Waals surface area contributed by atoms with Gasteiger partial charge in [0.05, 0.1) is 5.69 Å². The van der Waals surface area contributed by atoms with Crippen molar-refractivity contribution in [3.05, 3.63) is 34.9 Å². The highest BCUT2D eigenvalue weighted by Gasteiger charge is 2.12. The van der Waals surface area contributed by atoms with Gasteiger partial charge in [-0.15, -0.1) is 11.8 Å². The van der Waals surface area contributed by atoms with E-state index >= 15 is 0 Å². The highest BCUT2D eigenvalue weighted by atomic mass is 32.2. The minimum atomic E-state index is 0.702. The number of aryl methyl sites for hydroxylation is 3. The van der Waals surface area contributed by atoms with Gasteiger partial charge in [0.2, 0.25) is 0 Å². The van der Waals surface area contributed by atoms with E-state index in [1.54, 1.807) is 11.8 Å². The van der Waals surface area contributed by atoms with E-state index in [2.05, 4.69) is 44.9 Å². The Labute approximate surface area is 119 Å². The zero-order valence-electron chi connectivity index (χ0n) is 12.0. The average molecular weight is 275 g/mol. The summed E-state index contributed by atoms with van der Waals surface area (Å²) in [5, 5.41) is 5.62. The van der Waals surface area contributed by atoms with Crippen molar-refractivity contribution in [1.82, 2.24) is 9.78 Å². The van der Waals surface area contributed by atoms with Gasteiger partial charge in [0, 0.05) is 6.07 Å². The third-order valence-electron chi connectivity index (χ3n) is 3.02. The van der Waals surface area contributed by atoms with Gasteiger partial charge in [0.25, 0.3) is 0 Å². The molecule has 0 fully saturated rings. The van der Waals surface area contributed by atoms with E-state index in [0.29, 0.717) is 5.82 Å². The molecule has 0 aliphatic carbocycles. The molecule has 19 heavy (non-hydrogen) atoms. The summed E-state index contributed by atoms with van der Waals surface area (Å²) in [4.78, 5) is 0. The van der Waals surface area contributed by atoms with E-state index in [4.69, 9.17) is 5.73 Å². The van der Waals surface area contributed by atoms with Crippen LogP contribution >= 0.6 is 11.8 Å². The molecule has 4 heteroatoms. The van der Waals surface area contributed by atoms with E-state index in [9.17, 15) is 0 Å². The zero-order valence-corrected chi connectivity index (χ0v) is 12.8. The minimum absolute atomic E-state index is 0.702. The Kier molecular flexibility index (Phi) is 4.20. The van der Waals surface area contributed by atoms with Gasteiger partial charge in [0.1, 0.15) is 10.8 Å². The molecule has 0 atom stereocenters. The number of thioether (sulfide) groups is 1. The lowest BCUT2D eigenvalue weighted by Gasteiger charge is -2.12. The van der Waals surface area contributed by atoms with Crippen LogP contribution in [0.15, 0.2) is 23.2 Å². The van der Waals surface area contributed by atoms with Crippen LogP contribution in [0, 0.1) is 20.8 Å². The topological polar surface area (TPSA) is 43.8 Å². The van der Waals surface area contributed by atoms with Gasteiger partial charge in [-0.25, -0.2) is 4.68 Å². The van der Waals surface area contributed by atoms with E-state index in [0.717, 1.165) is 22.9 Å². The van der Waals surface area contributed by atoms with Gasteiger partial charge in [-0.1, -0.05) is 24.6 Å². The number of rotatable bonds is 4. The van der Waals surface area contributed by atoms with Gasteiger partial charge >= 0.3 is 0 Å². The van der Waals surface area contributed by atoms with Crippen LogP contribution in [0.5, 0.6) is 0 Å². The Balaban J connectivity index is 2.44. The smallest absolute Gasteiger partial charge is 0.128 e. The molecule has 0 radical (unpaired) electrons. The van der Waals surface area contributed by atoms with Gasteiger partial charge in [0.15, 0.2) is 0 Å². The molecule has 102 valence electrons. The molecular formula is C15H21N3S. The van der Waals surface area contributed by atoms with E-state index in [1.165, 1.54) is 16.7 Å². The summed E-state index contributed by atoms with van der Waals surface area (Å²) in [6, 6.07) is 6.30. The minimum Gasteiger partial charge on any atom is -0.384 e. The molecule has 2 aromatic rings. The van der Waals surface area contributed by atoms with Crippen molar-refractivity contribution in [3.8, 4) is 5.69 Å². The summed E-state index contributed by atoms with van der Waals surface area (Å²) in [5.74, 6) is 1.77. The number of nitrogens with two attached hydrogens (primary N) is 1. The third kappa shape index (κ3) is 2.95. The fraction of sp³-hybridized carbons (Fsp3) is 0.400. The Hall–Kier alpha value is -1.42. The number of hydrogen-bond acceptors (Lipinski definition) is 3. The first-order valence-corrected chi connectivity index (χ1v) is 7.58. The lowest BCUT2D eigenvalue weighted by Crippen LogP contribution is -2.06. The van der Waals surface area contributed by atoms with Crippen molar-refractivity contribution in [2.75, 3.05) is 11.5 Å². The van der Waals surface area contributed by atoms with Crippen LogP contribution in [0.4, 0.5) is 5.82 Å². The number of aromatic nitrogens is 2. The maximum Gasteiger partial charge on any atom is 0.128 e. The third-order valence-corrected chi connectivity index (χ3v) is 4.12. The number of benzene rings is 1. The van der Waals surface area contributed by atoms with Crippen LogP contribution < -0.4 is 5.73 Å². The highest BCUT2D eigenvalue weighted by Crippen LogP contribution is 2.26. The van der Waals surface area contributed by atoms with Crippen LogP contribution in [0.3, 0.4) is 0 Å². The maximum absolute atomic E-state index is 6.11. The predicted molar refractivity (Wildman–Crippen MR) is 83.2 cm³/mol. The molecular weight excluding hydrogens is 254 g/mol. The monoisotopic (exact) mass is 275 g/mol. The van der Waals surface area contributed by atoms with Gasteiger partial charge in [-0.2, -0.15) is 5.10 Å². The van der Waals surface area contributed by atoms with Crippen molar-refractivity contribution in [1.29, 1.82) is 0 Å². The lowest BCUT2D eigenvalue weighted by molar-refractivity contribution is 0.832.